The fourth-order valence-electron chi connectivity index (χ4n) is 4.27. The SMILES string of the molecule is CC1CCN1C1CCN(c2ccc(-n3cnc(Nc4cnc(C#N)cn4)c3)cc2)C1. The van der Waals surface area contributed by atoms with Gasteiger partial charge in [0.2, 0.25) is 0 Å². The van der Waals surface area contributed by atoms with E-state index in [-0.39, 0.29) is 5.69 Å². The molecule has 8 nitrogen and oxygen atoms in total. The molecule has 0 aliphatic carbocycles. The number of imidazole rings is 1. The molecule has 2 aliphatic rings. The molecular formula is C22H24N8. The van der Waals surface area contributed by atoms with E-state index in [1.54, 1.807) is 6.33 Å². The van der Waals surface area contributed by atoms with E-state index in [0.717, 1.165) is 24.8 Å². The van der Waals surface area contributed by atoms with Crippen LogP contribution in [0.4, 0.5) is 17.3 Å². The van der Waals surface area contributed by atoms with E-state index < -0.39 is 0 Å². The van der Waals surface area contributed by atoms with Crippen LogP contribution in [0.5, 0.6) is 0 Å². The van der Waals surface area contributed by atoms with Crippen molar-refractivity contribution in [3.05, 3.63) is 54.9 Å². The van der Waals surface area contributed by atoms with Gasteiger partial charge < -0.3 is 14.8 Å². The topological polar surface area (TPSA) is 85.9 Å². The lowest BCUT2D eigenvalue weighted by Crippen LogP contribution is -2.52. The van der Waals surface area contributed by atoms with Gasteiger partial charge >= 0.3 is 0 Å². The van der Waals surface area contributed by atoms with E-state index >= 15 is 0 Å². The van der Waals surface area contributed by atoms with Gasteiger partial charge in [0.25, 0.3) is 0 Å². The monoisotopic (exact) mass is 400 g/mol. The molecule has 3 aromatic rings. The van der Waals surface area contributed by atoms with Gasteiger partial charge in [0.15, 0.2) is 5.69 Å². The summed E-state index contributed by atoms with van der Waals surface area (Å²) in [4.78, 5) is 17.7. The van der Waals surface area contributed by atoms with Crippen molar-refractivity contribution in [2.24, 2.45) is 0 Å². The first-order chi connectivity index (χ1) is 14.7. The molecule has 5 rings (SSSR count). The Balaban J connectivity index is 1.23. The van der Waals surface area contributed by atoms with Crippen LogP contribution in [0.2, 0.25) is 0 Å². The molecule has 0 saturated carbocycles. The van der Waals surface area contributed by atoms with E-state index in [1.165, 1.54) is 37.5 Å². The maximum Gasteiger partial charge on any atom is 0.158 e. The lowest BCUT2D eigenvalue weighted by atomic mass is 10.0. The van der Waals surface area contributed by atoms with Crippen LogP contribution < -0.4 is 10.2 Å². The first kappa shape index (κ1) is 18.6. The number of anilines is 3. The van der Waals surface area contributed by atoms with E-state index in [9.17, 15) is 0 Å². The highest BCUT2D eigenvalue weighted by Crippen LogP contribution is 2.29. The Bertz CT molecular complexity index is 1050. The number of benzene rings is 1. The molecule has 0 radical (unpaired) electrons. The van der Waals surface area contributed by atoms with Gasteiger partial charge in [0, 0.05) is 43.1 Å². The van der Waals surface area contributed by atoms with Gasteiger partial charge in [-0.05, 0) is 44.0 Å². The number of hydrogen-bond donors (Lipinski definition) is 1. The normalized spacial score (nSPS) is 21.3. The van der Waals surface area contributed by atoms with Crippen LogP contribution in [-0.2, 0) is 0 Å². The highest BCUT2D eigenvalue weighted by atomic mass is 15.3. The predicted octanol–water partition coefficient (Wildman–Crippen LogP) is 2.95. The molecule has 0 spiro atoms. The summed E-state index contributed by atoms with van der Waals surface area (Å²) in [6.07, 6.45) is 9.23. The number of nitriles is 1. The van der Waals surface area contributed by atoms with Crippen molar-refractivity contribution >= 4 is 17.3 Å². The Morgan fingerprint density at radius 1 is 1.00 bits per heavy atom. The summed E-state index contributed by atoms with van der Waals surface area (Å²) in [6.45, 7) is 5.83. The van der Waals surface area contributed by atoms with E-state index in [2.05, 4.69) is 61.3 Å². The molecule has 2 unspecified atom stereocenters. The largest absolute Gasteiger partial charge is 0.370 e. The highest BCUT2D eigenvalue weighted by Gasteiger charge is 2.34. The van der Waals surface area contributed by atoms with Gasteiger partial charge in [-0.15, -0.1) is 0 Å². The third-order valence-electron chi connectivity index (χ3n) is 6.12. The minimum Gasteiger partial charge on any atom is -0.370 e. The van der Waals surface area contributed by atoms with Crippen LogP contribution >= 0.6 is 0 Å². The number of nitrogens with one attached hydrogen (secondary N) is 1. The Kier molecular flexibility index (Phi) is 4.81. The highest BCUT2D eigenvalue weighted by molar-refractivity contribution is 5.54. The average molecular weight is 400 g/mol. The number of hydrogen-bond acceptors (Lipinski definition) is 7. The van der Waals surface area contributed by atoms with E-state index in [1.807, 2.05) is 16.8 Å². The third-order valence-corrected chi connectivity index (χ3v) is 6.12. The summed E-state index contributed by atoms with van der Waals surface area (Å²) in [5.74, 6) is 1.22. The molecule has 8 heteroatoms. The maximum atomic E-state index is 8.80. The number of rotatable bonds is 5. The van der Waals surface area contributed by atoms with Crippen LogP contribution in [-0.4, -0.2) is 56.1 Å². The second-order valence-electron chi connectivity index (χ2n) is 7.97. The predicted molar refractivity (Wildman–Crippen MR) is 115 cm³/mol. The van der Waals surface area contributed by atoms with Crippen molar-refractivity contribution < 1.29 is 0 Å². The molecule has 1 aromatic carbocycles. The van der Waals surface area contributed by atoms with Crippen molar-refractivity contribution in [1.82, 2.24) is 24.4 Å². The van der Waals surface area contributed by atoms with Crippen molar-refractivity contribution in [3.63, 3.8) is 0 Å². The van der Waals surface area contributed by atoms with Crippen LogP contribution in [0.1, 0.15) is 25.5 Å². The van der Waals surface area contributed by atoms with Crippen LogP contribution in [0.25, 0.3) is 5.69 Å². The molecule has 2 aliphatic heterocycles. The van der Waals surface area contributed by atoms with Crippen molar-refractivity contribution in [3.8, 4) is 11.8 Å². The zero-order valence-corrected chi connectivity index (χ0v) is 16.9. The molecule has 2 fully saturated rings. The smallest absolute Gasteiger partial charge is 0.158 e. The van der Waals surface area contributed by atoms with Crippen molar-refractivity contribution in [1.29, 1.82) is 5.26 Å². The molecule has 1 N–H and O–H groups in total. The zero-order valence-electron chi connectivity index (χ0n) is 16.9. The number of nitrogens with zero attached hydrogens (tertiary/aromatic N) is 7. The summed E-state index contributed by atoms with van der Waals surface area (Å²) in [5, 5.41) is 11.9. The van der Waals surface area contributed by atoms with Crippen LogP contribution in [0.15, 0.2) is 49.2 Å². The van der Waals surface area contributed by atoms with Gasteiger partial charge in [-0.3, -0.25) is 4.90 Å². The summed E-state index contributed by atoms with van der Waals surface area (Å²) in [7, 11) is 0. The van der Waals surface area contributed by atoms with Gasteiger partial charge in [0.1, 0.15) is 24.0 Å². The Morgan fingerprint density at radius 3 is 2.50 bits per heavy atom. The first-order valence-electron chi connectivity index (χ1n) is 10.3. The van der Waals surface area contributed by atoms with E-state index in [0.29, 0.717) is 17.7 Å². The number of aromatic nitrogens is 4. The van der Waals surface area contributed by atoms with Gasteiger partial charge in [0.05, 0.1) is 18.6 Å². The molecule has 152 valence electrons. The minimum atomic E-state index is 0.287. The summed E-state index contributed by atoms with van der Waals surface area (Å²) in [5.41, 5.74) is 2.62. The van der Waals surface area contributed by atoms with Gasteiger partial charge in [-0.25, -0.2) is 15.0 Å². The maximum absolute atomic E-state index is 8.80. The quantitative estimate of drug-likeness (QED) is 0.705. The molecule has 2 aromatic heterocycles. The molecule has 0 amide bonds. The van der Waals surface area contributed by atoms with Gasteiger partial charge in [-0.1, -0.05) is 0 Å². The fraction of sp³-hybridized carbons (Fsp3) is 0.364. The molecule has 2 saturated heterocycles. The lowest BCUT2D eigenvalue weighted by Gasteiger charge is -2.43. The van der Waals surface area contributed by atoms with E-state index in [4.69, 9.17) is 5.26 Å². The molecule has 4 heterocycles. The zero-order chi connectivity index (χ0) is 20.5. The fourth-order valence-corrected chi connectivity index (χ4v) is 4.27. The minimum absolute atomic E-state index is 0.287. The van der Waals surface area contributed by atoms with Crippen molar-refractivity contribution in [2.75, 3.05) is 29.9 Å². The Hall–Kier alpha value is -3.44. The summed E-state index contributed by atoms with van der Waals surface area (Å²) < 4.78 is 1.97. The summed E-state index contributed by atoms with van der Waals surface area (Å²) >= 11 is 0. The second kappa shape index (κ2) is 7.76. The average Bonchev–Trinajstić information content (AvgIpc) is 3.43. The Morgan fingerprint density at radius 2 is 1.83 bits per heavy atom. The second-order valence-corrected chi connectivity index (χ2v) is 7.97. The van der Waals surface area contributed by atoms with Crippen molar-refractivity contribution in [2.45, 2.75) is 31.8 Å². The summed E-state index contributed by atoms with van der Waals surface area (Å²) in [6, 6.07) is 12.0. The molecule has 30 heavy (non-hydrogen) atoms. The molecule has 0 bridgehead atoms. The van der Waals surface area contributed by atoms with Crippen LogP contribution in [0.3, 0.4) is 0 Å². The standard InChI is InChI=1S/C22H24N8/c1-16-6-9-30(16)20-7-8-28(13-20)18-2-4-19(5-3-18)29-14-22(26-15-29)27-21-12-24-17(10-23)11-25-21/h2-5,11-12,14-16,20H,6-9,13H2,1H3,(H,25,27). The molecule has 2 atom stereocenters. The Labute approximate surface area is 175 Å². The van der Waals surface area contributed by atoms with Gasteiger partial charge in [-0.2, -0.15) is 5.26 Å². The third kappa shape index (κ3) is 3.60. The lowest BCUT2D eigenvalue weighted by molar-refractivity contribution is 0.0622. The first-order valence-corrected chi connectivity index (χ1v) is 10.3. The molecular weight excluding hydrogens is 376 g/mol. The number of likely N-dealkylation sites (tertiary alicyclic amines) is 1. The van der Waals surface area contributed by atoms with Crippen LogP contribution in [0, 0.1) is 11.3 Å².